The van der Waals surface area contributed by atoms with E-state index in [0.29, 0.717) is 0 Å². The summed E-state index contributed by atoms with van der Waals surface area (Å²) in [5.74, 6) is 0. The van der Waals surface area contributed by atoms with Gasteiger partial charge in [0.15, 0.2) is 0 Å². The van der Waals surface area contributed by atoms with Crippen molar-refractivity contribution in [2.75, 3.05) is 13.2 Å². The average molecular weight is 166 g/mol. The van der Waals surface area contributed by atoms with Gasteiger partial charge in [-0.3, -0.25) is 0 Å². The summed E-state index contributed by atoms with van der Waals surface area (Å²) in [6, 6.07) is 0. The number of aliphatic hydroxyl groups excluding tert-OH is 5. The van der Waals surface area contributed by atoms with Crippen LogP contribution in [-0.4, -0.2) is 57.1 Å². The maximum Gasteiger partial charge on any atom is 0.108 e. The van der Waals surface area contributed by atoms with Gasteiger partial charge < -0.3 is 25.5 Å². The Bertz CT molecular complexity index is 97.0. The van der Waals surface area contributed by atoms with E-state index in [1.807, 2.05) is 0 Å². The molecule has 0 amide bonds. The first-order chi connectivity index (χ1) is 5.13. The van der Waals surface area contributed by atoms with Crippen LogP contribution >= 0.6 is 0 Å². The summed E-state index contributed by atoms with van der Waals surface area (Å²) in [5.41, 5.74) is 0. The molecule has 0 saturated carbocycles. The molecule has 0 spiro atoms. The Morgan fingerprint density at radius 3 is 1.82 bits per heavy atom. The van der Waals surface area contributed by atoms with E-state index in [1.165, 1.54) is 0 Å². The van der Waals surface area contributed by atoms with Crippen LogP contribution in [0.15, 0.2) is 0 Å². The van der Waals surface area contributed by atoms with Crippen molar-refractivity contribution in [3.63, 3.8) is 0 Å². The molecule has 0 heterocycles. The zero-order valence-corrected chi connectivity index (χ0v) is 6.09. The molecular weight excluding hydrogens is 152 g/mol. The number of rotatable bonds is 5. The molecule has 0 aliphatic carbocycles. The molecule has 0 aromatic carbocycles. The minimum absolute atomic E-state index is 0.0156. The van der Waals surface area contributed by atoms with E-state index in [1.54, 1.807) is 0 Å². The lowest BCUT2D eigenvalue weighted by Gasteiger charge is -2.20. The largest absolute Gasteiger partial charge is 0.396 e. The molecule has 0 aliphatic rings. The van der Waals surface area contributed by atoms with E-state index in [4.69, 9.17) is 25.5 Å². The highest BCUT2D eigenvalue weighted by Gasteiger charge is 2.22. The highest BCUT2D eigenvalue weighted by Crippen LogP contribution is 2.02. The SMILES string of the molecule is OCC[C@H](O)[C@@H](O)[C@H](O)CO. The van der Waals surface area contributed by atoms with E-state index in [-0.39, 0.29) is 13.0 Å². The fourth-order valence-electron chi connectivity index (χ4n) is 0.667. The fourth-order valence-corrected chi connectivity index (χ4v) is 0.667. The molecular formula is C6H14O5. The molecule has 0 saturated heterocycles. The summed E-state index contributed by atoms with van der Waals surface area (Å²) < 4.78 is 0. The van der Waals surface area contributed by atoms with Gasteiger partial charge in [-0.05, 0) is 6.42 Å². The van der Waals surface area contributed by atoms with Gasteiger partial charge in [0, 0.05) is 6.61 Å². The predicted molar refractivity (Wildman–Crippen MR) is 36.8 cm³/mol. The van der Waals surface area contributed by atoms with Crippen molar-refractivity contribution in [1.82, 2.24) is 0 Å². The molecule has 0 aromatic heterocycles. The maximum absolute atomic E-state index is 8.95. The summed E-state index contributed by atoms with van der Waals surface area (Å²) in [6.45, 7) is -0.875. The van der Waals surface area contributed by atoms with Crippen molar-refractivity contribution in [1.29, 1.82) is 0 Å². The maximum atomic E-state index is 8.95. The van der Waals surface area contributed by atoms with Gasteiger partial charge >= 0.3 is 0 Å². The molecule has 0 aromatic rings. The Morgan fingerprint density at radius 1 is 0.909 bits per heavy atom. The summed E-state index contributed by atoms with van der Waals surface area (Å²) in [4.78, 5) is 0. The number of hydrogen-bond acceptors (Lipinski definition) is 5. The van der Waals surface area contributed by atoms with Crippen molar-refractivity contribution in [3.05, 3.63) is 0 Å². The van der Waals surface area contributed by atoms with Gasteiger partial charge in [0.1, 0.15) is 12.2 Å². The molecule has 68 valence electrons. The third-order valence-electron chi connectivity index (χ3n) is 1.40. The topological polar surface area (TPSA) is 101 Å². The Balaban J connectivity index is 3.70. The summed E-state index contributed by atoms with van der Waals surface area (Å²) in [5, 5.41) is 43.3. The van der Waals surface area contributed by atoms with Gasteiger partial charge in [-0.2, -0.15) is 0 Å². The minimum atomic E-state index is -1.40. The van der Waals surface area contributed by atoms with Crippen LogP contribution < -0.4 is 0 Å². The van der Waals surface area contributed by atoms with Crippen LogP contribution in [0.4, 0.5) is 0 Å². The Morgan fingerprint density at radius 2 is 1.45 bits per heavy atom. The monoisotopic (exact) mass is 166 g/mol. The third kappa shape index (κ3) is 3.64. The number of aliphatic hydroxyl groups is 5. The molecule has 0 aliphatic heterocycles. The summed E-state index contributed by atoms with van der Waals surface area (Å²) >= 11 is 0. The third-order valence-corrected chi connectivity index (χ3v) is 1.40. The van der Waals surface area contributed by atoms with Crippen molar-refractivity contribution in [3.8, 4) is 0 Å². The molecule has 5 heteroatoms. The lowest BCUT2D eigenvalue weighted by molar-refractivity contribution is -0.0813. The quantitative estimate of drug-likeness (QED) is 0.309. The zero-order valence-electron chi connectivity index (χ0n) is 6.09. The van der Waals surface area contributed by atoms with Crippen molar-refractivity contribution in [2.24, 2.45) is 0 Å². The zero-order chi connectivity index (χ0) is 8.85. The molecule has 0 rings (SSSR count). The molecule has 0 bridgehead atoms. The van der Waals surface area contributed by atoms with Gasteiger partial charge in [-0.15, -0.1) is 0 Å². The average Bonchev–Trinajstić information content (AvgIpc) is 2.02. The van der Waals surface area contributed by atoms with E-state index in [2.05, 4.69) is 0 Å². The molecule has 5 nitrogen and oxygen atoms in total. The summed E-state index contributed by atoms with van der Waals surface area (Å²) in [7, 11) is 0. The van der Waals surface area contributed by atoms with Crippen molar-refractivity contribution >= 4 is 0 Å². The first-order valence-corrected chi connectivity index (χ1v) is 3.39. The molecule has 0 unspecified atom stereocenters. The molecule has 3 atom stereocenters. The first-order valence-electron chi connectivity index (χ1n) is 3.39. The van der Waals surface area contributed by atoms with Crippen LogP contribution in [0, 0.1) is 0 Å². The second kappa shape index (κ2) is 5.45. The summed E-state index contributed by atoms with van der Waals surface area (Å²) in [6.07, 6.45) is -3.95. The lowest BCUT2D eigenvalue weighted by atomic mass is 10.1. The van der Waals surface area contributed by atoms with E-state index >= 15 is 0 Å². The Kier molecular flexibility index (Phi) is 5.35. The van der Waals surface area contributed by atoms with Crippen LogP contribution in [0.25, 0.3) is 0 Å². The first kappa shape index (κ1) is 10.8. The normalized spacial score (nSPS) is 19.4. The van der Waals surface area contributed by atoms with Gasteiger partial charge in [-0.25, -0.2) is 0 Å². The van der Waals surface area contributed by atoms with Gasteiger partial charge in [-0.1, -0.05) is 0 Å². The Hall–Kier alpha value is -0.200. The van der Waals surface area contributed by atoms with Gasteiger partial charge in [0.2, 0.25) is 0 Å². The highest BCUT2D eigenvalue weighted by molar-refractivity contribution is 4.73. The van der Waals surface area contributed by atoms with Gasteiger partial charge in [0.05, 0.1) is 12.7 Å². The standard InChI is InChI=1S/C6H14O5/c7-2-1-4(9)6(11)5(10)3-8/h4-11H,1-3H2/t4-,5+,6+/m0/s1. The molecule has 0 radical (unpaired) electrons. The molecule has 0 fully saturated rings. The van der Waals surface area contributed by atoms with Crippen molar-refractivity contribution in [2.45, 2.75) is 24.7 Å². The van der Waals surface area contributed by atoms with Crippen LogP contribution in [0.5, 0.6) is 0 Å². The fraction of sp³-hybridized carbons (Fsp3) is 1.00. The van der Waals surface area contributed by atoms with Crippen LogP contribution in [0.3, 0.4) is 0 Å². The number of hydrogen-bond donors (Lipinski definition) is 5. The molecule has 5 N–H and O–H groups in total. The molecule has 11 heavy (non-hydrogen) atoms. The van der Waals surface area contributed by atoms with Crippen LogP contribution in [0.1, 0.15) is 6.42 Å². The van der Waals surface area contributed by atoms with E-state index < -0.39 is 24.9 Å². The Labute approximate surface area is 64.5 Å². The highest BCUT2D eigenvalue weighted by atomic mass is 16.4. The van der Waals surface area contributed by atoms with Crippen LogP contribution in [0.2, 0.25) is 0 Å². The van der Waals surface area contributed by atoms with E-state index in [9.17, 15) is 0 Å². The van der Waals surface area contributed by atoms with Crippen molar-refractivity contribution < 1.29 is 25.5 Å². The predicted octanol–water partition coefficient (Wildman–Crippen LogP) is -2.56. The minimum Gasteiger partial charge on any atom is -0.396 e. The van der Waals surface area contributed by atoms with Crippen LogP contribution in [-0.2, 0) is 0 Å². The second-order valence-electron chi connectivity index (χ2n) is 2.32. The van der Waals surface area contributed by atoms with E-state index in [0.717, 1.165) is 0 Å². The smallest absolute Gasteiger partial charge is 0.108 e. The van der Waals surface area contributed by atoms with Gasteiger partial charge in [0.25, 0.3) is 0 Å². The second-order valence-corrected chi connectivity index (χ2v) is 2.32. The lowest BCUT2D eigenvalue weighted by Crippen LogP contribution is -2.39.